The minimum absolute atomic E-state index is 0.315. The van der Waals surface area contributed by atoms with E-state index in [0.717, 1.165) is 32.1 Å². The number of carbonyl (C=O) groups excluding carboxylic acids is 1. The Labute approximate surface area is 133 Å². The number of nitriles is 2. The molecule has 1 atom stereocenters. The van der Waals surface area contributed by atoms with Crippen LogP contribution in [-0.4, -0.2) is 11.6 Å². The van der Waals surface area contributed by atoms with E-state index in [1.165, 1.54) is 0 Å². The fourth-order valence-electron chi connectivity index (χ4n) is 3.44. The van der Waals surface area contributed by atoms with E-state index >= 15 is 0 Å². The Kier molecular flexibility index (Phi) is 6.18. The van der Waals surface area contributed by atoms with Gasteiger partial charge in [0.1, 0.15) is 11.5 Å². The molecule has 0 bridgehead atoms. The average molecular weight is 302 g/mol. The Bertz CT molecular complexity index is 471. The fourth-order valence-corrected chi connectivity index (χ4v) is 3.44. The van der Waals surface area contributed by atoms with Crippen molar-refractivity contribution in [2.75, 3.05) is 0 Å². The molecule has 1 aliphatic rings. The molecule has 1 aliphatic carbocycles. The van der Waals surface area contributed by atoms with Gasteiger partial charge < -0.3 is 4.74 Å². The molecule has 0 aromatic rings. The highest BCUT2D eigenvalue weighted by Gasteiger charge is 2.50. The Balaban J connectivity index is 3.21. The Morgan fingerprint density at radius 3 is 2.23 bits per heavy atom. The summed E-state index contributed by atoms with van der Waals surface area (Å²) in [7, 11) is 0. The number of allylic oxidation sites excluding steroid dienone is 1. The van der Waals surface area contributed by atoms with E-state index in [-0.39, 0.29) is 5.97 Å². The molecule has 0 aromatic heterocycles. The zero-order valence-corrected chi connectivity index (χ0v) is 13.9. The second-order valence-electron chi connectivity index (χ2n) is 7.10. The molecule has 120 valence electrons. The molecule has 22 heavy (non-hydrogen) atoms. The number of esters is 1. The third-order valence-electron chi connectivity index (χ3n) is 4.41. The number of hydrogen-bond donors (Lipinski definition) is 0. The van der Waals surface area contributed by atoms with Crippen LogP contribution < -0.4 is 0 Å². The third-order valence-corrected chi connectivity index (χ3v) is 4.41. The molecule has 0 aliphatic heterocycles. The maximum Gasteiger partial charge on any atom is 0.310 e. The molecule has 0 saturated heterocycles. The van der Waals surface area contributed by atoms with E-state index in [9.17, 15) is 15.3 Å². The molecule has 0 heterocycles. The lowest BCUT2D eigenvalue weighted by molar-refractivity contribution is -0.167. The molecule has 0 spiro atoms. The maximum absolute atomic E-state index is 12.7. The number of rotatable bonds is 5. The smallest absolute Gasteiger partial charge is 0.310 e. The van der Waals surface area contributed by atoms with Crippen LogP contribution in [-0.2, 0) is 9.53 Å². The first kappa shape index (κ1) is 18.2. The van der Waals surface area contributed by atoms with Crippen molar-refractivity contribution < 1.29 is 9.53 Å². The second-order valence-corrected chi connectivity index (χ2v) is 7.10. The molecule has 1 rings (SSSR count). The van der Waals surface area contributed by atoms with Gasteiger partial charge in [0.15, 0.2) is 0 Å². The van der Waals surface area contributed by atoms with Crippen molar-refractivity contribution in [3.05, 3.63) is 12.7 Å². The molecule has 4 nitrogen and oxygen atoms in total. The summed E-state index contributed by atoms with van der Waals surface area (Å²) in [6, 6.07) is 4.23. The molecule has 0 aromatic carbocycles. The number of nitrogens with zero attached hydrogens (tertiary/aromatic N) is 2. The lowest BCUT2D eigenvalue weighted by Gasteiger charge is -2.43. The monoisotopic (exact) mass is 302 g/mol. The quantitative estimate of drug-likeness (QED) is 0.565. The highest BCUT2D eigenvalue weighted by molar-refractivity contribution is 5.74. The molecule has 1 unspecified atom stereocenters. The molecule has 1 fully saturated rings. The highest BCUT2D eigenvalue weighted by Crippen LogP contribution is 2.50. The van der Waals surface area contributed by atoms with Crippen molar-refractivity contribution in [1.82, 2.24) is 0 Å². The van der Waals surface area contributed by atoms with Crippen LogP contribution in [0.1, 0.15) is 59.3 Å². The minimum Gasteiger partial charge on any atom is -0.460 e. The van der Waals surface area contributed by atoms with Crippen LogP contribution in [0.5, 0.6) is 0 Å². The van der Waals surface area contributed by atoms with E-state index in [2.05, 4.69) is 18.7 Å². The number of ether oxygens (including phenoxy) is 1. The average Bonchev–Trinajstić information content (AvgIpc) is 2.45. The van der Waals surface area contributed by atoms with Gasteiger partial charge in [-0.3, -0.25) is 4.79 Å². The summed E-state index contributed by atoms with van der Waals surface area (Å²) in [5.74, 6) is -1.58. The normalized spacial score (nSPS) is 18.8. The first-order chi connectivity index (χ1) is 10.3. The summed E-state index contributed by atoms with van der Waals surface area (Å²) < 4.78 is 5.56. The van der Waals surface area contributed by atoms with Crippen LogP contribution in [0.2, 0.25) is 0 Å². The van der Waals surface area contributed by atoms with Crippen molar-refractivity contribution in [2.24, 2.45) is 17.3 Å². The molecule has 4 heteroatoms. The fraction of sp³-hybridized carbons (Fsp3) is 0.722. The van der Waals surface area contributed by atoms with Gasteiger partial charge in [0.05, 0.1) is 18.1 Å². The van der Waals surface area contributed by atoms with Crippen LogP contribution in [0.15, 0.2) is 12.7 Å². The Morgan fingerprint density at radius 2 is 1.82 bits per heavy atom. The van der Waals surface area contributed by atoms with Gasteiger partial charge in [-0.05, 0) is 40.0 Å². The highest BCUT2D eigenvalue weighted by atomic mass is 16.6. The lowest BCUT2D eigenvalue weighted by Crippen LogP contribution is -2.45. The molecule has 0 amide bonds. The predicted octanol–water partition coefficient (Wildman–Crippen LogP) is 4.13. The van der Waals surface area contributed by atoms with Gasteiger partial charge in [-0.1, -0.05) is 25.3 Å². The lowest BCUT2D eigenvalue weighted by atomic mass is 9.59. The topological polar surface area (TPSA) is 73.9 Å². The van der Waals surface area contributed by atoms with Gasteiger partial charge >= 0.3 is 5.97 Å². The first-order valence-electron chi connectivity index (χ1n) is 7.93. The van der Waals surface area contributed by atoms with E-state index in [1.54, 1.807) is 6.08 Å². The SMILES string of the molecule is C=CCC(C(=O)OC(C)(C)C)C1(C(C#N)C#N)CCCCC1. The second kappa shape index (κ2) is 7.45. The van der Waals surface area contributed by atoms with Crippen molar-refractivity contribution in [2.45, 2.75) is 64.9 Å². The van der Waals surface area contributed by atoms with E-state index in [0.29, 0.717) is 6.42 Å². The summed E-state index contributed by atoms with van der Waals surface area (Å²) in [5, 5.41) is 18.8. The van der Waals surface area contributed by atoms with Crippen LogP contribution in [0, 0.1) is 39.9 Å². The van der Waals surface area contributed by atoms with E-state index in [4.69, 9.17) is 4.74 Å². The number of carbonyl (C=O) groups is 1. The van der Waals surface area contributed by atoms with Crippen molar-refractivity contribution >= 4 is 5.97 Å². The van der Waals surface area contributed by atoms with Crippen LogP contribution in [0.25, 0.3) is 0 Å². The zero-order chi connectivity index (χ0) is 16.8. The summed E-state index contributed by atoms with van der Waals surface area (Å²) in [6.45, 7) is 9.23. The number of hydrogen-bond acceptors (Lipinski definition) is 4. The molecule has 1 saturated carbocycles. The summed E-state index contributed by atoms with van der Waals surface area (Å²) in [4.78, 5) is 12.7. The van der Waals surface area contributed by atoms with Gasteiger partial charge in [0, 0.05) is 5.41 Å². The maximum atomic E-state index is 12.7. The zero-order valence-electron chi connectivity index (χ0n) is 13.9. The van der Waals surface area contributed by atoms with Crippen LogP contribution in [0.4, 0.5) is 0 Å². The minimum atomic E-state index is -0.787. The van der Waals surface area contributed by atoms with Gasteiger partial charge in [-0.25, -0.2) is 0 Å². The van der Waals surface area contributed by atoms with Crippen molar-refractivity contribution in [1.29, 1.82) is 10.5 Å². The Hall–Kier alpha value is -1.81. The van der Waals surface area contributed by atoms with Crippen LogP contribution in [0.3, 0.4) is 0 Å². The molecular formula is C18H26N2O2. The molecule has 0 N–H and O–H groups in total. The third kappa shape index (κ3) is 4.10. The summed E-state index contributed by atoms with van der Waals surface area (Å²) in [6.07, 6.45) is 6.53. The van der Waals surface area contributed by atoms with E-state index < -0.39 is 22.9 Å². The predicted molar refractivity (Wildman–Crippen MR) is 84.4 cm³/mol. The molecule has 0 radical (unpaired) electrons. The van der Waals surface area contributed by atoms with Gasteiger partial charge in [-0.2, -0.15) is 10.5 Å². The summed E-state index contributed by atoms with van der Waals surface area (Å²) >= 11 is 0. The summed E-state index contributed by atoms with van der Waals surface area (Å²) in [5.41, 5.74) is -1.20. The first-order valence-corrected chi connectivity index (χ1v) is 7.93. The molecular weight excluding hydrogens is 276 g/mol. The van der Waals surface area contributed by atoms with Gasteiger partial charge in [-0.15, -0.1) is 6.58 Å². The largest absolute Gasteiger partial charge is 0.460 e. The standard InChI is InChI=1S/C18H26N2O2/c1-5-9-15(16(21)22-17(2,3)4)18(14(12-19)13-20)10-7-6-8-11-18/h5,14-15H,1,6-11H2,2-4H3. The Morgan fingerprint density at radius 1 is 1.27 bits per heavy atom. The van der Waals surface area contributed by atoms with Gasteiger partial charge in [0.25, 0.3) is 0 Å². The van der Waals surface area contributed by atoms with E-state index in [1.807, 2.05) is 20.8 Å². The van der Waals surface area contributed by atoms with Gasteiger partial charge in [0.2, 0.25) is 0 Å². The van der Waals surface area contributed by atoms with Crippen molar-refractivity contribution in [3.8, 4) is 12.1 Å². The van der Waals surface area contributed by atoms with Crippen molar-refractivity contribution in [3.63, 3.8) is 0 Å². The van der Waals surface area contributed by atoms with Crippen LogP contribution >= 0.6 is 0 Å².